The summed E-state index contributed by atoms with van der Waals surface area (Å²) in [6.45, 7) is 0.559. The highest BCUT2D eigenvalue weighted by Gasteiger charge is 2.59. The number of aromatic nitrogens is 2. The lowest BCUT2D eigenvalue weighted by atomic mass is 9.51. The van der Waals surface area contributed by atoms with Crippen LogP contribution in [0.4, 0.5) is 11.5 Å². The molecular formula is C22H29N7O4. The molecule has 0 saturated heterocycles. The number of hydrazine groups is 1. The maximum Gasteiger partial charge on any atom is 0.314 e. The minimum absolute atomic E-state index is 0.242. The molecule has 11 nitrogen and oxygen atoms in total. The van der Waals surface area contributed by atoms with E-state index in [4.69, 9.17) is 9.84 Å². The molecule has 33 heavy (non-hydrogen) atoms. The smallest absolute Gasteiger partial charge is 0.314 e. The Bertz CT molecular complexity index is 1060. The molecule has 5 atom stereocenters. The van der Waals surface area contributed by atoms with Gasteiger partial charge in [0.2, 0.25) is 0 Å². The lowest BCUT2D eigenvalue weighted by Crippen LogP contribution is -2.60. The zero-order valence-corrected chi connectivity index (χ0v) is 18.6. The zero-order chi connectivity index (χ0) is 22.8. The Labute approximate surface area is 191 Å². The highest BCUT2D eigenvalue weighted by molar-refractivity contribution is 6.39. The van der Waals surface area contributed by atoms with Crippen LogP contribution in [0.5, 0.6) is 0 Å². The number of aliphatic hydroxyl groups is 1. The molecule has 0 radical (unpaired) electrons. The fourth-order valence-electron chi connectivity index (χ4n) is 7.00. The topological polar surface area (TPSA) is 142 Å². The molecule has 6 aliphatic rings. The van der Waals surface area contributed by atoms with Crippen molar-refractivity contribution < 1.29 is 19.4 Å². The summed E-state index contributed by atoms with van der Waals surface area (Å²) in [6.07, 6.45) is 8.90. The van der Waals surface area contributed by atoms with Gasteiger partial charge in [-0.1, -0.05) is 0 Å². The number of ether oxygens (including phenoxy) is 1. The molecule has 7 rings (SSSR count). The van der Waals surface area contributed by atoms with Crippen molar-refractivity contribution in [2.45, 2.75) is 55.8 Å². The Morgan fingerprint density at radius 1 is 1.27 bits per heavy atom. The van der Waals surface area contributed by atoms with E-state index in [1.54, 1.807) is 6.21 Å². The molecular weight excluding hydrogens is 426 g/mol. The Morgan fingerprint density at radius 3 is 2.79 bits per heavy atom. The van der Waals surface area contributed by atoms with Gasteiger partial charge in [0.1, 0.15) is 11.9 Å². The van der Waals surface area contributed by atoms with Gasteiger partial charge in [-0.15, -0.1) is 0 Å². The molecule has 4 saturated carbocycles. The van der Waals surface area contributed by atoms with E-state index in [0.717, 1.165) is 43.4 Å². The van der Waals surface area contributed by atoms with Gasteiger partial charge in [-0.2, -0.15) is 5.10 Å². The quantitative estimate of drug-likeness (QED) is 0.319. The van der Waals surface area contributed by atoms with Crippen LogP contribution in [0, 0.1) is 11.8 Å². The van der Waals surface area contributed by atoms with Crippen molar-refractivity contribution in [3.63, 3.8) is 0 Å². The largest absolute Gasteiger partial charge is 0.390 e. The third kappa shape index (κ3) is 3.29. The van der Waals surface area contributed by atoms with Crippen LogP contribution in [0.15, 0.2) is 11.1 Å². The van der Waals surface area contributed by atoms with Crippen molar-refractivity contribution in [2.75, 3.05) is 31.0 Å². The number of fused-ring (bicyclic) bond motifs is 3. The minimum atomic E-state index is -0.789. The van der Waals surface area contributed by atoms with E-state index < -0.39 is 17.4 Å². The number of anilines is 2. The van der Waals surface area contributed by atoms with E-state index in [1.165, 1.54) is 7.11 Å². The van der Waals surface area contributed by atoms with E-state index in [0.29, 0.717) is 36.4 Å². The average molecular weight is 456 g/mol. The molecule has 176 valence electrons. The summed E-state index contributed by atoms with van der Waals surface area (Å²) in [4.78, 5) is 29.3. The molecule has 3 heterocycles. The summed E-state index contributed by atoms with van der Waals surface area (Å²) in [5.41, 5.74) is 7.73. The Kier molecular flexibility index (Phi) is 4.65. The Balaban J connectivity index is 1.37. The molecule has 4 fully saturated rings. The average Bonchev–Trinajstić information content (AvgIpc) is 3.37. The van der Waals surface area contributed by atoms with E-state index in [9.17, 15) is 14.7 Å². The van der Waals surface area contributed by atoms with Gasteiger partial charge in [-0.05, 0) is 50.0 Å². The number of allylic oxidation sites excluding steroid dienone is 1. The van der Waals surface area contributed by atoms with Crippen molar-refractivity contribution in [3.05, 3.63) is 11.8 Å². The predicted octanol–water partition coefficient (Wildman–Crippen LogP) is 0.348. The molecule has 4 aliphatic carbocycles. The van der Waals surface area contributed by atoms with Gasteiger partial charge < -0.3 is 20.6 Å². The number of methoxy groups -OCH3 is 1. The fourth-order valence-corrected chi connectivity index (χ4v) is 7.00. The maximum atomic E-state index is 12.6. The van der Waals surface area contributed by atoms with Crippen molar-refractivity contribution >= 4 is 35.1 Å². The van der Waals surface area contributed by atoms with Crippen molar-refractivity contribution in [1.82, 2.24) is 20.5 Å². The second-order valence-corrected chi connectivity index (χ2v) is 10.2. The van der Waals surface area contributed by atoms with E-state index >= 15 is 0 Å². The molecule has 0 spiro atoms. The summed E-state index contributed by atoms with van der Waals surface area (Å²) < 4.78 is 6.93. The van der Waals surface area contributed by atoms with Gasteiger partial charge in [0.05, 0.1) is 23.4 Å². The number of nitrogens with one attached hydrogen (secondary N) is 4. The number of hydrogen-bond donors (Lipinski definition) is 5. The zero-order valence-electron chi connectivity index (χ0n) is 18.6. The first-order chi connectivity index (χ1) is 15.9. The summed E-state index contributed by atoms with van der Waals surface area (Å²) >= 11 is 0. The van der Waals surface area contributed by atoms with E-state index in [2.05, 4.69) is 26.5 Å². The van der Waals surface area contributed by atoms with E-state index in [-0.39, 0.29) is 18.2 Å². The first kappa shape index (κ1) is 20.8. The summed E-state index contributed by atoms with van der Waals surface area (Å²) in [6, 6.07) is 0. The predicted molar refractivity (Wildman–Crippen MR) is 120 cm³/mol. The highest BCUT2D eigenvalue weighted by Crippen LogP contribution is 2.61. The van der Waals surface area contributed by atoms with Gasteiger partial charge in [0, 0.05) is 31.9 Å². The standard InChI is InChI=1S/C22H29N7O4/c1-33-5-4-24-19(30)20(31)25-18-15-16(14-2-3-23-17(14)27-26-15)29(28-18)21-7-12-6-13(8-21)10-22(32,9-12)11-21/h2-3,12-13,17,26-27,32H,4-11H2,1H3,(H,24,30)(H,25,28,31)/t12-,13+,17?,21?,22?. The monoisotopic (exact) mass is 455 g/mol. The Morgan fingerprint density at radius 2 is 2.06 bits per heavy atom. The van der Waals surface area contributed by atoms with Crippen LogP contribution in [0.25, 0.3) is 5.57 Å². The van der Waals surface area contributed by atoms with Gasteiger partial charge in [0.25, 0.3) is 0 Å². The second kappa shape index (κ2) is 7.37. The van der Waals surface area contributed by atoms with Gasteiger partial charge >= 0.3 is 11.8 Å². The first-order valence-electron chi connectivity index (χ1n) is 11.6. The van der Waals surface area contributed by atoms with Crippen molar-refractivity contribution in [2.24, 2.45) is 16.8 Å². The highest BCUT2D eigenvalue weighted by atomic mass is 16.5. The first-order valence-corrected chi connectivity index (χ1v) is 11.6. The third-order valence-electron chi connectivity index (χ3n) is 7.76. The molecule has 1 aromatic heterocycles. The number of amides is 2. The molecule has 1 aromatic rings. The number of hydrogen-bond acceptors (Lipinski definition) is 8. The number of carbonyl (C=O) groups is 2. The van der Waals surface area contributed by atoms with Crippen LogP contribution in [0.1, 0.15) is 44.2 Å². The molecule has 11 heteroatoms. The van der Waals surface area contributed by atoms with Gasteiger partial charge in [0.15, 0.2) is 5.82 Å². The van der Waals surface area contributed by atoms with Crippen LogP contribution in [0.2, 0.25) is 0 Å². The summed E-state index contributed by atoms with van der Waals surface area (Å²) in [5, 5.41) is 21.4. The number of nitrogens with zero attached hydrogens (tertiary/aromatic N) is 3. The van der Waals surface area contributed by atoms with Crippen LogP contribution in [-0.4, -0.2) is 64.9 Å². The molecule has 3 unspecified atom stereocenters. The minimum Gasteiger partial charge on any atom is -0.390 e. The molecule has 2 aliphatic heterocycles. The maximum absolute atomic E-state index is 12.6. The van der Waals surface area contributed by atoms with Crippen molar-refractivity contribution in [1.29, 1.82) is 0 Å². The molecule has 0 aromatic carbocycles. The van der Waals surface area contributed by atoms with E-state index in [1.807, 2.05) is 10.8 Å². The number of rotatable bonds is 5. The SMILES string of the molecule is COCCNC(=O)C(=O)Nc1nn(C23C[C@@H]4C[C@@H](CC(O)(C4)C2)C3)c2c1NNC1N=CC=C21. The third-order valence-corrected chi connectivity index (χ3v) is 7.76. The van der Waals surface area contributed by atoms with Crippen LogP contribution in [-0.2, 0) is 19.9 Å². The number of carbonyl (C=O) groups excluding carboxylic acids is 2. The van der Waals surface area contributed by atoms with Gasteiger partial charge in [-0.25, -0.2) is 5.43 Å². The fraction of sp³-hybridized carbons (Fsp3) is 0.636. The lowest BCUT2D eigenvalue weighted by molar-refractivity contribution is -0.159. The van der Waals surface area contributed by atoms with Gasteiger partial charge in [-0.3, -0.25) is 24.6 Å². The normalized spacial score (nSPS) is 35.0. The summed E-state index contributed by atoms with van der Waals surface area (Å²) in [5.74, 6) is -0.300. The van der Waals surface area contributed by atoms with Crippen LogP contribution < -0.4 is 21.5 Å². The summed E-state index contributed by atoms with van der Waals surface area (Å²) in [7, 11) is 1.53. The lowest BCUT2D eigenvalue weighted by Gasteiger charge is -2.60. The van der Waals surface area contributed by atoms with Crippen molar-refractivity contribution in [3.8, 4) is 0 Å². The Hall–Kier alpha value is -2.76. The molecule has 4 bridgehead atoms. The number of aliphatic imine (C=N–C) groups is 1. The molecule has 5 N–H and O–H groups in total. The van der Waals surface area contributed by atoms with Crippen LogP contribution in [0.3, 0.4) is 0 Å². The second-order valence-electron chi connectivity index (χ2n) is 10.2. The van der Waals surface area contributed by atoms with Crippen LogP contribution >= 0.6 is 0 Å². The molecule has 2 amide bonds.